The van der Waals surface area contributed by atoms with Gasteiger partial charge in [0.1, 0.15) is 10.7 Å². The van der Waals surface area contributed by atoms with Crippen molar-refractivity contribution in [2.45, 2.75) is 13.5 Å². The molecule has 4 rings (SSSR count). The number of carbonyl (C=O) groups is 3. The van der Waals surface area contributed by atoms with E-state index in [1.54, 1.807) is 36.4 Å². The van der Waals surface area contributed by atoms with Crippen LogP contribution in [0.5, 0.6) is 0 Å². The number of halogens is 2. The summed E-state index contributed by atoms with van der Waals surface area (Å²) in [5.74, 6) is -1.36. The molecule has 0 atom stereocenters. The van der Waals surface area contributed by atoms with Gasteiger partial charge in [-0.05, 0) is 54.4 Å². The Morgan fingerprint density at radius 3 is 2.30 bits per heavy atom. The van der Waals surface area contributed by atoms with Crippen molar-refractivity contribution in [2.24, 2.45) is 0 Å². The van der Waals surface area contributed by atoms with Crippen molar-refractivity contribution in [1.29, 1.82) is 0 Å². The number of benzene rings is 3. The highest BCUT2D eigenvalue weighted by atomic mass is 35.5. The second-order valence-electron chi connectivity index (χ2n) is 7.49. The second kappa shape index (κ2) is 9.48. The molecular formula is C25H19Cl2N3O3. The number of anilines is 2. The summed E-state index contributed by atoms with van der Waals surface area (Å²) >= 11 is 12.2. The predicted octanol–water partition coefficient (Wildman–Crippen LogP) is 5.33. The molecule has 166 valence electrons. The van der Waals surface area contributed by atoms with E-state index in [9.17, 15) is 14.4 Å². The Morgan fingerprint density at radius 2 is 1.61 bits per heavy atom. The van der Waals surface area contributed by atoms with Gasteiger partial charge < -0.3 is 10.6 Å². The molecule has 0 aliphatic carbocycles. The Morgan fingerprint density at radius 1 is 0.909 bits per heavy atom. The van der Waals surface area contributed by atoms with E-state index in [0.717, 1.165) is 16.0 Å². The van der Waals surface area contributed by atoms with E-state index in [2.05, 4.69) is 10.6 Å². The van der Waals surface area contributed by atoms with E-state index in [4.69, 9.17) is 23.2 Å². The van der Waals surface area contributed by atoms with Gasteiger partial charge in [0.15, 0.2) is 0 Å². The molecule has 0 aromatic heterocycles. The predicted molar refractivity (Wildman–Crippen MR) is 129 cm³/mol. The quantitative estimate of drug-likeness (QED) is 0.468. The molecule has 0 saturated carbocycles. The maximum atomic E-state index is 12.8. The molecule has 0 bridgehead atoms. The van der Waals surface area contributed by atoms with Crippen molar-refractivity contribution >= 4 is 52.3 Å². The van der Waals surface area contributed by atoms with Gasteiger partial charge in [-0.15, -0.1) is 0 Å². The molecule has 3 amide bonds. The number of imide groups is 1. The fraction of sp³-hybridized carbons (Fsp3) is 0.0800. The molecule has 33 heavy (non-hydrogen) atoms. The van der Waals surface area contributed by atoms with Crippen LogP contribution in [-0.4, -0.2) is 22.6 Å². The summed E-state index contributed by atoms with van der Waals surface area (Å²) in [6, 6.07) is 20.9. The molecule has 3 aromatic rings. The van der Waals surface area contributed by atoms with Crippen molar-refractivity contribution in [1.82, 2.24) is 4.90 Å². The van der Waals surface area contributed by atoms with Crippen LogP contribution in [-0.2, 0) is 16.1 Å². The van der Waals surface area contributed by atoms with E-state index >= 15 is 0 Å². The fourth-order valence-electron chi connectivity index (χ4n) is 3.34. The minimum absolute atomic E-state index is 0.00403. The van der Waals surface area contributed by atoms with Gasteiger partial charge >= 0.3 is 0 Å². The van der Waals surface area contributed by atoms with Gasteiger partial charge in [0.25, 0.3) is 17.7 Å². The van der Waals surface area contributed by atoms with Gasteiger partial charge in [0.05, 0.1) is 6.54 Å². The van der Waals surface area contributed by atoms with Crippen molar-refractivity contribution in [3.05, 3.63) is 105 Å². The summed E-state index contributed by atoms with van der Waals surface area (Å²) in [6.45, 7) is 2.00. The van der Waals surface area contributed by atoms with Crippen LogP contribution in [0.15, 0.2) is 83.5 Å². The van der Waals surface area contributed by atoms with E-state index < -0.39 is 11.8 Å². The summed E-state index contributed by atoms with van der Waals surface area (Å²) in [5.41, 5.74) is 3.26. The number of carbonyl (C=O) groups excluding carboxylic acids is 3. The van der Waals surface area contributed by atoms with Crippen LogP contribution in [0.25, 0.3) is 0 Å². The molecule has 0 unspecified atom stereocenters. The standard InChI is InChI=1S/C25H19Cl2N3O3/c1-15-7-10-18(26)13-20(15)29-23(31)17-8-11-19(12-9-17)28-22-21(27)24(32)30(25(22)33)14-16-5-3-2-4-6-16/h2-13,28H,14H2,1H3,(H,29,31). The Bertz CT molecular complexity index is 1270. The van der Waals surface area contributed by atoms with Crippen LogP contribution in [0.1, 0.15) is 21.5 Å². The molecule has 6 nitrogen and oxygen atoms in total. The van der Waals surface area contributed by atoms with E-state index in [0.29, 0.717) is 22.0 Å². The molecule has 0 spiro atoms. The van der Waals surface area contributed by atoms with Crippen molar-refractivity contribution in [3.8, 4) is 0 Å². The third-order valence-corrected chi connectivity index (χ3v) is 5.74. The summed E-state index contributed by atoms with van der Waals surface area (Å²) < 4.78 is 0. The Kier molecular flexibility index (Phi) is 6.49. The van der Waals surface area contributed by atoms with Crippen molar-refractivity contribution < 1.29 is 14.4 Å². The summed E-state index contributed by atoms with van der Waals surface area (Å²) in [6.07, 6.45) is 0. The highest BCUT2D eigenvalue weighted by Gasteiger charge is 2.37. The number of nitrogens with zero attached hydrogens (tertiary/aromatic N) is 1. The number of hydrogen-bond acceptors (Lipinski definition) is 4. The molecule has 0 radical (unpaired) electrons. The minimum atomic E-state index is -0.555. The smallest absolute Gasteiger partial charge is 0.279 e. The van der Waals surface area contributed by atoms with Crippen molar-refractivity contribution in [3.63, 3.8) is 0 Å². The molecule has 3 aromatic carbocycles. The summed E-state index contributed by atoms with van der Waals surface area (Å²) in [4.78, 5) is 39.0. The van der Waals surface area contributed by atoms with Crippen LogP contribution in [0, 0.1) is 6.92 Å². The fourth-order valence-corrected chi connectivity index (χ4v) is 3.74. The van der Waals surface area contributed by atoms with Gasteiger partial charge in [-0.25, -0.2) is 0 Å². The largest absolute Gasteiger partial charge is 0.350 e. The molecule has 1 aliphatic heterocycles. The number of rotatable bonds is 6. The van der Waals surface area contributed by atoms with E-state index in [1.807, 2.05) is 43.3 Å². The lowest BCUT2D eigenvalue weighted by atomic mass is 10.1. The van der Waals surface area contributed by atoms with Gasteiger partial charge in [-0.1, -0.05) is 59.6 Å². The summed E-state index contributed by atoms with van der Waals surface area (Å²) in [7, 11) is 0. The Labute approximate surface area is 200 Å². The number of amides is 3. The average Bonchev–Trinajstić information content (AvgIpc) is 3.01. The molecule has 8 heteroatoms. The molecular weight excluding hydrogens is 461 g/mol. The molecule has 1 heterocycles. The first-order chi connectivity index (χ1) is 15.8. The SMILES string of the molecule is Cc1ccc(Cl)cc1NC(=O)c1ccc(NC2=C(Cl)C(=O)N(Cc3ccccc3)C2=O)cc1. The molecule has 0 fully saturated rings. The first kappa shape index (κ1) is 22.6. The zero-order valence-electron chi connectivity index (χ0n) is 17.6. The Balaban J connectivity index is 1.45. The van der Waals surface area contributed by atoms with Crippen molar-refractivity contribution in [2.75, 3.05) is 10.6 Å². The molecule has 0 saturated heterocycles. The van der Waals surface area contributed by atoms with E-state index in [-0.39, 0.29) is 23.2 Å². The monoisotopic (exact) mass is 479 g/mol. The average molecular weight is 480 g/mol. The lowest BCUT2D eigenvalue weighted by molar-refractivity contribution is -0.138. The summed E-state index contributed by atoms with van der Waals surface area (Å²) in [5, 5.41) is 6.09. The lowest BCUT2D eigenvalue weighted by Gasteiger charge is -2.15. The zero-order valence-corrected chi connectivity index (χ0v) is 19.1. The van der Waals surface area contributed by atoms with Gasteiger partial charge in [0, 0.05) is 22.0 Å². The topological polar surface area (TPSA) is 78.5 Å². The third kappa shape index (κ3) is 4.92. The van der Waals surface area contributed by atoms with Crippen LogP contribution in [0.4, 0.5) is 11.4 Å². The highest BCUT2D eigenvalue weighted by Crippen LogP contribution is 2.27. The second-order valence-corrected chi connectivity index (χ2v) is 8.30. The van der Waals surface area contributed by atoms with Crippen LogP contribution >= 0.6 is 23.2 Å². The highest BCUT2D eigenvalue weighted by molar-refractivity contribution is 6.48. The first-order valence-corrected chi connectivity index (χ1v) is 10.8. The van der Waals surface area contributed by atoms with E-state index in [1.165, 1.54) is 0 Å². The zero-order chi connectivity index (χ0) is 23.5. The van der Waals surface area contributed by atoms with Gasteiger partial charge in [-0.3, -0.25) is 19.3 Å². The van der Waals surface area contributed by atoms with Crippen LogP contribution in [0.3, 0.4) is 0 Å². The third-order valence-electron chi connectivity index (χ3n) is 5.16. The van der Waals surface area contributed by atoms with Crippen LogP contribution < -0.4 is 10.6 Å². The maximum absolute atomic E-state index is 12.8. The maximum Gasteiger partial charge on any atom is 0.279 e. The Hall–Kier alpha value is -3.61. The minimum Gasteiger partial charge on any atom is -0.350 e. The van der Waals surface area contributed by atoms with Gasteiger partial charge in [0.2, 0.25) is 0 Å². The molecule has 1 aliphatic rings. The number of aryl methyl sites for hydroxylation is 1. The van der Waals surface area contributed by atoms with Gasteiger partial charge in [-0.2, -0.15) is 0 Å². The number of nitrogens with one attached hydrogen (secondary N) is 2. The van der Waals surface area contributed by atoms with Crippen LogP contribution in [0.2, 0.25) is 5.02 Å². The molecule has 2 N–H and O–H groups in total. The number of hydrogen-bond donors (Lipinski definition) is 2. The lowest BCUT2D eigenvalue weighted by Crippen LogP contribution is -2.31. The normalized spacial score (nSPS) is 13.5. The first-order valence-electron chi connectivity index (χ1n) is 10.1.